The van der Waals surface area contributed by atoms with Crippen LogP contribution < -0.4 is 0 Å². The van der Waals surface area contributed by atoms with Gasteiger partial charge in [0.15, 0.2) is 0 Å². The lowest BCUT2D eigenvalue weighted by Gasteiger charge is -2.22. The molecule has 0 saturated carbocycles. The molecule has 0 aliphatic heterocycles. The second-order valence-electron chi connectivity index (χ2n) is 5.34. The number of ether oxygens (including phenoxy) is 1. The Bertz CT molecular complexity index is 355. The molecule has 0 aromatic heterocycles. The maximum atomic E-state index is 11.7. The molecule has 0 N–H and O–H groups in total. The molecule has 0 unspecified atom stereocenters. The second-order valence-corrected chi connectivity index (χ2v) is 5.34. The largest absolute Gasteiger partial charge is 0.379 e. The molecule has 0 aliphatic carbocycles. The van der Waals surface area contributed by atoms with Crippen LogP contribution in [0.2, 0.25) is 0 Å². The van der Waals surface area contributed by atoms with Crippen molar-refractivity contribution in [1.82, 2.24) is 0 Å². The molecule has 0 bridgehead atoms. The van der Waals surface area contributed by atoms with Gasteiger partial charge in [0.25, 0.3) is 0 Å². The van der Waals surface area contributed by atoms with Crippen LogP contribution >= 0.6 is 0 Å². The van der Waals surface area contributed by atoms with E-state index in [1.54, 1.807) is 7.11 Å². The first-order valence-electron chi connectivity index (χ1n) is 6.64. The van der Waals surface area contributed by atoms with Gasteiger partial charge in [0, 0.05) is 20.0 Å². The first-order valence-corrected chi connectivity index (χ1v) is 6.64. The van der Waals surface area contributed by atoms with Crippen molar-refractivity contribution in [2.45, 2.75) is 51.6 Å². The highest BCUT2D eigenvalue weighted by Crippen LogP contribution is 2.16. The second kappa shape index (κ2) is 7.32. The average molecular weight is 248 g/mol. The van der Waals surface area contributed by atoms with Crippen LogP contribution in [0.5, 0.6) is 0 Å². The summed E-state index contributed by atoms with van der Waals surface area (Å²) in [6, 6.07) is 10.3. The quantitative estimate of drug-likeness (QED) is 0.699. The maximum Gasteiger partial charge on any atom is 0.133 e. The molecule has 1 rings (SSSR count). The standard InChI is InChI=1S/C16H24O2/c1-16(2,18-3)13-12-15(17)11-7-10-14-8-5-4-6-9-14/h4-6,8-9H,7,10-13H2,1-3H3. The fraction of sp³-hybridized carbons (Fsp3) is 0.562. The van der Waals surface area contributed by atoms with Crippen molar-refractivity contribution in [2.24, 2.45) is 0 Å². The Balaban J connectivity index is 2.18. The molecule has 0 atom stereocenters. The highest BCUT2D eigenvalue weighted by Gasteiger charge is 2.17. The number of aryl methyl sites for hydroxylation is 1. The molecule has 0 saturated heterocycles. The third-order valence-corrected chi connectivity index (χ3v) is 3.32. The Hall–Kier alpha value is -1.15. The summed E-state index contributed by atoms with van der Waals surface area (Å²) in [6.45, 7) is 4.04. The monoisotopic (exact) mass is 248 g/mol. The van der Waals surface area contributed by atoms with Gasteiger partial charge in [0.05, 0.1) is 5.60 Å². The lowest BCUT2D eigenvalue weighted by atomic mass is 9.98. The van der Waals surface area contributed by atoms with Gasteiger partial charge in [0.2, 0.25) is 0 Å². The number of rotatable bonds is 8. The lowest BCUT2D eigenvalue weighted by molar-refractivity contribution is -0.120. The van der Waals surface area contributed by atoms with Crippen molar-refractivity contribution in [3.63, 3.8) is 0 Å². The van der Waals surface area contributed by atoms with E-state index in [1.165, 1.54) is 5.56 Å². The molecule has 0 amide bonds. The minimum Gasteiger partial charge on any atom is -0.379 e. The summed E-state index contributed by atoms with van der Waals surface area (Å²) in [5, 5.41) is 0. The van der Waals surface area contributed by atoms with Gasteiger partial charge in [-0.2, -0.15) is 0 Å². The van der Waals surface area contributed by atoms with Gasteiger partial charge < -0.3 is 4.74 Å². The third-order valence-electron chi connectivity index (χ3n) is 3.32. The molecule has 100 valence electrons. The third kappa shape index (κ3) is 5.97. The van der Waals surface area contributed by atoms with Gasteiger partial charge in [-0.05, 0) is 38.7 Å². The fourth-order valence-corrected chi connectivity index (χ4v) is 1.80. The van der Waals surface area contributed by atoms with Gasteiger partial charge >= 0.3 is 0 Å². The highest BCUT2D eigenvalue weighted by atomic mass is 16.5. The topological polar surface area (TPSA) is 26.3 Å². The minimum absolute atomic E-state index is 0.185. The molecule has 0 fully saturated rings. The first kappa shape index (κ1) is 14.9. The lowest BCUT2D eigenvalue weighted by Crippen LogP contribution is -2.23. The minimum atomic E-state index is -0.185. The van der Waals surface area contributed by atoms with Crippen molar-refractivity contribution >= 4 is 5.78 Å². The zero-order chi connectivity index (χ0) is 13.4. The summed E-state index contributed by atoms with van der Waals surface area (Å²) >= 11 is 0. The molecule has 0 heterocycles. The molecule has 0 radical (unpaired) electrons. The normalized spacial score (nSPS) is 11.5. The van der Waals surface area contributed by atoms with Crippen LogP contribution in [0.25, 0.3) is 0 Å². The molecule has 2 heteroatoms. The Morgan fingerprint density at radius 3 is 2.44 bits per heavy atom. The van der Waals surface area contributed by atoms with E-state index in [0.29, 0.717) is 18.6 Å². The average Bonchev–Trinajstić information content (AvgIpc) is 2.38. The number of hydrogen-bond donors (Lipinski definition) is 0. The number of ketones is 1. The molecule has 1 aromatic rings. The molecule has 18 heavy (non-hydrogen) atoms. The predicted molar refractivity (Wildman–Crippen MR) is 74.7 cm³/mol. The molecule has 2 nitrogen and oxygen atoms in total. The van der Waals surface area contributed by atoms with Crippen molar-refractivity contribution in [2.75, 3.05) is 7.11 Å². The van der Waals surface area contributed by atoms with Crippen molar-refractivity contribution in [1.29, 1.82) is 0 Å². The van der Waals surface area contributed by atoms with Crippen LogP contribution in [-0.4, -0.2) is 18.5 Å². The summed E-state index contributed by atoms with van der Waals surface area (Å²) < 4.78 is 5.31. The molecular weight excluding hydrogens is 224 g/mol. The smallest absolute Gasteiger partial charge is 0.133 e. The van der Waals surface area contributed by atoms with E-state index in [-0.39, 0.29) is 5.60 Å². The van der Waals surface area contributed by atoms with Crippen LogP contribution in [0.15, 0.2) is 30.3 Å². The predicted octanol–water partition coefficient (Wildman–Crippen LogP) is 3.78. The van der Waals surface area contributed by atoms with E-state index in [1.807, 2.05) is 32.0 Å². The number of carbonyl (C=O) groups excluding carboxylic acids is 1. The van der Waals surface area contributed by atoms with Crippen LogP contribution in [0.3, 0.4) is 0 Å². The van der Waals surface area contributed by atoms with Gasteiger partial charge in [-0.15, -0.1) is 0 Å². The Morgan fingerprint density at radius 1 is 1.17 bits per heavy atom. The number of hydrogen-bond acceptors (Lipinski definition) is 2. The van der Waals surface area contributed by atoms with Crippen LogP contribution in [0.4, 0.5) is 0 Å². The number of benzene rings is 1. The van der Waals surface area contributed by atoms with E-state index in [2.05, 4.69) is 12.1 Å². The summed E-state index contributed by atoms with van der Waals surface area (Å²) in [5.41, 5.74) is 1.12. The van der Waals surface area contributed by atoms with Crippen LogP contribution in [0, 0.1) is 0 Å². The number of carbonyl (C=O) groups is 1. The van der Waals surface area contributed by atoms with Crippen molar-refractivity contribution in [3.05, 3.63) is 35.9 Å². The first-order chi connectivity index (χ1) is 8.53. The van der Waals surface area contributed by atoms with E-state index < -0.39 is 0 Å². The van der Waals surface area contributed by atoms with E-state index in [0.717, 1.165) is 19.3 Å². The highest BCUT2D eigenvalue weighted by molar-refractivity contribution is 5.78. The van der Waals surface area contributed by atoms with Gasteiger partial charge in [-0.25, -0.2) is 0 Å². The molecular formula is C16H24O2. The van der Waals surface area contributed by atoms with Crippen LogP contribution in [0.1, 0.15) is 45.1 Å². The Labute approximate surface area is 110 Å². The number of methoxy groups -OCH3 is 1. The summed E-state index contributed by atoms with van der Waals surface area (Å²) in [4.78, 5) is 11.7. The Kier molecular flexibility index (Phi) is 6.06. The van der Waals surface area contributed by atoms with E-state index in [9.17, 15) is 4.79 Å². The van der Waals surface area contributed by atoms with Crippen molar-refractivity contribution < 1.29 is 9.53 Å². The number of Topliss-reactive ketones (excluding diaryl/α,β-unsaturated/α-hetero) is 1. The molecule has 1 aromatic carbocycles. The van der Waals surface area contributed by atoms with E-state index in [4.69, 9.17) is 4.74 Å². The Morgan fingerprint density at radius 2 is 1.83 bits per heavy atom. The molecule has 0 spiro atoms. The van der Waals surface area contributed by atoms with Crippen LogP contribution in [-0.2, 0) is 16.0 Å². The van der Waals surface area contributed by atoms with Gasteiger partial charge in [0.1, 0.15) is 5.78 Å². The maximum absolute atomic E-state index is 11.7. The summed E-state index contributed by atoms with van der Waals surface area (Å²) in [5.74, 6) is 0.344. The zero-order valence-electron chi connectivity index (χ0n) is 11.7. The SMILES string of the molecule is COC(C)(C)CCC(=O)CCCc1ccccc1. The fourth-order valence-electron chi connectivity index (χ4n) is 1.80. The van der Waals surface area contributed by atoms with Gasteiger partial charge in [-0.3, -0.25) is 4.79 Å². The van der Waals surface area contributed by atoms with E-state index >= 15 is 0 Å². The zero-order valence-corrected chi connectivity index (χ0v) is 11.7. The summed E-state index contributed by atoms with van der Waals surface area (Å²) in [7, 11) is 1.69. The van der Waals surface area contributed by atoms with Crippen molar-refractivity contribution in [3.8, 4) is 0 Å². The van der Waals surface area contributed by atoms with Gasteiger partial charge in [-0.1, -0.05) is 30.3 Å². The summed E-state index contributed by atoms with van der Waals surface area (Å²) in [6.07, 6.45) is 4.02. The molecule has 0 aliphatic rings.